The third-order valence-corrected chi connectivity index (χ3v) is 1.95. The van der Waals surface area contributed by atoms with Crippen LogP contribution in [0.3, 0.4) is 0 Å². The number of ether oxygens (including phenoxy) is 2. The Morgan fingerprint density at radius 1 is 1.19 bits per heavy atom. The molecule has 0 aromatic heterocycles. The number of benzene rings is 1. The molecule has 0 spiro atoms. The normalized spacial score (nSPS) is 11.7. The number of esters is 1. The Balaban J connectivity index is 2.74. The van der Waals surface area contributed by atoms with Crippen molar-refractivity contribution >= 4 is 11.8 Å². The van der Waals surface area contributed by atoms with E-state index in [4.69, 9.17) is 9.47 Å². The van der Waals surface area contributed by atoms with Crippen molar-refractivity contribution in [2.45, 2.75) is 26.9 Å². The second kappa shape index (κ2) is 5.30. The average Bonchev–Trinajstić information content (AvgIpc) is 2.16. The Hall–Kier alpha value is -1.84. The molecular weight excluding hydrogens is 208 g/mol. The Morgan fingerprint density at radius 2 is 1.81 bits per heavy atom. The minimum absolute atomic E-state index is 0.0575. The summed E-state index contributed by atoms with van der Waals surface area (Å²) in [5, 5.41) is 0. The van der Waals surface area contributed by atoms with E-state index in [0.717, 1.165) is 0 Å². The van der Waals surface area contributed by atoms with Gasteiger partial charge in [0, 0.05) is 13.0 Å². The summed E-state index contributed by atoms with van der Waals surface area (Å²) in [6.45, 7) is 4.45. The summed E-state index contributed by atoms with van der Waals surface area (Å²) in [7, 11) is 0. The molecule has 1 aromatic rings. The van der Waals surface area contributed by atoms with Crippen molar-refractivity contribution in [1.82, 2.24) is 0 Å². The lowest BCUT2D eigenvalue weighted by molar-refractivity contribution is -0.132. The summed E-state index contributed by atoms with van der Waals surface area (Å²) in [5.41, 5.74) is 0. The van der Waals surface area contributed by atoms with E-state index in [2.05, 4.69) is 0 Å². The Labute approximate surface area is 94.2 Å². The molecule has 1 rings (SSSR count). The highest BCUT2D eigenvalue weighted by Gasteiger charge is 2.09. The molecule has 0 fully saturated rings. The molecule has 1 aromatic carbocycles. The summed E-state index contributed by atoms with van der Waals surface area (Å²) in [4.78, 5) is 21.7. The van der Waals surface area contributed by atoms with Crippen LogP contribution in [0.25, 0.3) is 0 Å². The number of hydrogen-bond donors (Lipinski definition) is 0. The molecule has 0 saturated heterocycles. The van der Waals surface area contributed by atoms with Crippen LogP contribution in [0.2, 0.25) is 0 Å². The van der Waals surface area contributed by atoms with E-state index in [9.17, 15) is 9.59 Å². The van der Waals surface area contributed by atoms with E-state index in [1.165, 1.54) is 13.8 Å². The van der Waals surface area contributed by atoms with Crippen LogP contribution in [0.5, 0.6) is 11.5 Å². The molecule has 4 nitrogen and oxygen atoms in total. The average molecular weight is 222 g/mol. The zero-order valence-corrected chi connectivity index (χ0v) is 9.52. The smallest absolute Gasteiger partial charge is 0.308 e. The zero-order chi connectivity index (χ0) is 12.1. The highest BCUT2D eigenvalue weighted by Crippen LogP contribution is 2.20. The molecule has 0 N–H and O–H groups in total. The third kappa shape index (κ3) is 3.73. The van der Waals surface area contributed by atoms with Gasteiger partial charge in [-0.05, 0) is 26.0 Å². The number of Topliss-reactive ketones (excluding diaryl/α,β-unsaturated/α-hetero) is 1. The largest absolute Gasteiger partial charge is 0.483 e. The van der Waals surface area contributed by atoms with Crippen LogP contribution in [0.1, 0.15) is 20.8 Å². The van der Waals surface area contributed by atoms with E-state index in [1.54, 1.807) is 31.2 Å². The third-order valence-electron chi connectivity index (χ3n) is 1.95. The molecule has 0 aliphatic carbocycles. The lowest BCUT2D eigenvalue weighted by Gasteiger charge is -2.12. The molecule has 86 valence electrons. The van der Waals surface area contributed by atoms with E-state index in [1.807, 2.05) is 0 Å². The first-order valence-electron chi connectivity index (χ1n) is 4.94. The van der Waals surface area contributed by atoms with Gasteiger partial charge in [0.25, 0.3) is 0 Å². The van der Waals surface area contributed by atoms with Crippen molar-refractivity contribution in [2.75, 3.05) is 0 Å². The number of rotatable bonds is 4. The summed E-state index contributed by atoms with van der Waals surface area (Å²) in [6.07, 6.45) is -0.507. The van der Waals surface area contributed by atoms with Crippen molar-refractivity contribution in [3.05, 3.63) is 24.3 Å². The van der Waals surface area contributed by atoms with Gasteiger partial charge in [-0.3, -0.25) is 9.59 Å². The second-order valence-electron chi connectivity index (χ2n) is 3.44. The highest BCUT2D eigenvalue weighted by atomic mass is 16.5. The van der Waals surface area contributed by atoms with Crippen molar-refractivity contribution in [2.24, 2.45) is 0 Å². The van der Waals surface area contributed by atoms with Crippen LogP contribution in [0.4, 0.5) is 0 Å². The summed E-state index contributed by atoms with van der Waals surface area (Å²) in [5.74, 6) is 0.455. The fraction of sp³-hybridized carbons (Fsp3) is 0.333. The Bertz CT molecular complexity index is 398. The monoisotopic (exact) mass is 222 g/mol. The Morgan fingerprint density at radius 3 is 2.38 bits per heavy atom. The summed E-state index contributed by atoms with van der Waals surface area (Å²) in [6, 6.07) is 6.61. The predicted molar refractivity (Wildman–Crippen MR) is 58.5 cm³/mol. The van der Waals surface area contributed by atoms with Gasteiger partial charge in [-0.1, -0.05) is 6.07 Å². The lowest BCUT2D eigenvalue weighted by Crippen LogP contribution is -2.20. The fourth-order valence-corrected chi connectivity index (χ4v) is 1.06. The van der Waals surface area contributed by atoms with Crippen molar-refractivity contribution < 1.29 is 19.1 Å². The van der Waals surface area contributed by atoms with Gasteiger partial charge >= 0.3 is 5.97 Å². The minimum atomic E-state index is -0.507. The number of ketones is 1. The van der Waals surface area contributed by atoms with E-state index in [-0.39, 0.29) is 5.78 Å². The SMILES string of the molecule is CC(=O)Oc1cccc(OC(C)C(C)=O)c1. The maximum Gasteiger partial charge on any atom is 0.308 e. The van der Waals surface area contributed by atoms with Crippen molar-refractivity contribution in [3.63, 3.8) is 0 Å². The molecule has 0 saturated carbocycles. The zero-order valence-electron chi connectivity index (χ0n) is 9.52. The summed E-state index contributed by atoms with van der Waals surface area (Å²) < 4.78 is 10.3. The first kappa shape index (κ1) is 12.2. The molecule has 0 radical (unpaired) electrons. The van der Waals surface area contributed by atoms with Gasteiger partial charge in [0.1, 0.15) is 11.5 Å². The quantitative estimate of drug-likeness (QED) is 0.577. The van der Waals surface area contributed by atoms with Crippen LogP contribution in [-0.2, 0) is 9.59 Å². The first-order valence-corrected chi connectivity index (χ1v) is 4.94. The number of carbonyl (C=O) groups excluding carboxylic acids is 2. The molecule has 0 bridgehead atoms. The second-order valence-corrected chi connectivity index (χ2v) is 3.44. The van der Waals surface area contributed by atoms with Crippen LogP contribution >= 0.6 is 0 Å². The standard InChI is InChI=1S/C12H14O4/c1-8(13)9(2)15-11-5-4-6-12(7-11)16-10(3)14/h4-7,9H,1-3H3. The maximum absolute atomic E-state index is 11.0. The molecule has 0 aliphatic heterocycles. The summed E-state index contributed by atoms with van der Waals surface area (Å²) >= 11 is 0. The van der Waals surface area contributed by atoms with E-state index >= 15 is 0 Å². The molecule has 4 heteroatoms. The number of hydrogen-bond acceptors (Lipinski definition) is 4. The molecule has 0 heterocycles. The predicted octanol–water partition coefficient (Wildman–Crippen LogP) is 1.97. The Kier molecular flexibility index (Phi) is 4.05. The van der Waals surface area contributed by atoms with Gasteiger partial charge in [0.05, 0.1) is 0 Å². The molecule has 0 amide bonds. The van der Waals surface area contributed by atoms with Crippen molar-refractivity contribution in [3.8, 4) is 11.5 Å². The van der Waals surface area contributed by atoms with Gasteiger partial charge in [-0.25, -0.2) is 0 Å². The van der Waals surface area contributed by atoms with Gasteiger partial charge in [0.15, 0.2) is 11.9 Å². The van der Waals surface area contributed by atoms with Crippen LogP contribution in [0.15, 0.2) is 24.3 Å². The van der Waals surface area contributed by atoms with Crippen LogP contribution < -0.4 is 9.47 Å². The van der Waals surface area contributed by atoms with Gasteiger partial charge < -0.3 is 9.47 Å². The molecule has 0 aliphatic rings. The first-order chi connectivity index (χ1) is 7.49. The lowest BCUT2D eigenvalue weighted by atomic mass is 10.3. The van der Waals surface area contributed by atoms with Crippen LogP contribution in [-0.4, -0.2) is 17.9 Å². The van der Waals surface area contributed by atoms with Crippen molar-refractivity contribution in [1.29, 1.82) is 0 Å². The molecular formula is C12H14O4. The number of carbonyl (C=O) groups is 2. The van der Waals surface area contributed by atoms with Crippen LogP contribution in [0, 0.1) is 0 Å². The van der Waals surface area contributed by atoms with E-state index < -0.39 is 12.1 Å². The van der Waals surface area contributed by atoms with Gasteiger partial charge in [0.2, 0.25) is 0 Å². The topological polar surface area (TPSA) is 52.6 Å². The molecule has 1 unspecified atom stereocenters. The molecule has 1 atom stereocenters. The highest BCUT2D eigenvalue weighted by molar-refractivity contribution is 5.80. The van der Waals surface area contributed by atoms with Gasteiger partial charge in [-0.2, -0.15) is 0 Å². The maximum atomic E-state index is 11.0. The van der Waals surface area contributed by atoms with E-state index in [0.29, 0.717) is 11.5 Å². The minimum Gasteiger partial charge on any atom is -0.483 e. The van der Waals surface area contributed by atoms with Gasteiger partial charge in [-0.15, -0.1) is 0 Å². The molecule has 16 heavy (non-hydrogen) atoms. The fourth-order valence-electron chi connectivity index (χ4n) is 1.06.